The maximum atomic E-state index is 12.0. The lowest BCUT2D eigenvalue weighted by atomic mass is 9.94. The Morgan fingerprint density at radius 1 is 1.40 bits per heavy atom. The lowest BCUT2D eigenvalue weighted by molar-refractivity contribution is 0.0199. The first-order valence-corrected chi connectivity index (χ1v) is 6.87. The van der Waals surface area contributed by atoms with Crippen molar-refractivity contribution in [2.75, 3.05) is 20.2 Å². The van der Waals surface area contributed by atoms with E-state index in [0.29, 0.717) is 19.0 Å². The van der Waals surface area contributed by atoms with Gasteiger partial charge in [0.15, 0.2) is 0 Å². The molecule has 0 aliphatic carbocycles. The van der Waals surface area contributed by atoms with Gasteiger partial charge >= 0.3 is 6.09 Å². The van der Waals surface area contributed by atoms with E-state index in [4.69, 9.17) is 14.0 Å². The number of carbonyl (C=O) groups is 1. The Labute approximate surface area is 119 Å². The molecule has 0 radical (unpaired) electrons. The molecule has 1 aliphatic heterocycles. The van der Waals surface area contributed by atoms with Gasteiger partial charge in [0, 0.05) is 25.1 Å². The highest BCUT2D eigenvalue weighted by Crippen LogP contribution is 2.30. The number of amides is 1. The number of hydrogen-bond donors (Lipinski definition) is 0. The largest absolute Gasteiger partial charge is 0.479 e. The van der Waals surface area contributed by atoms with Crippen LogP contribution < -0.4 is 4.74 Å². The summed E-state index contributed by atoms with van der Waals surface area (Å²) in [6.45, 7) is 6.96. The molecule has 20 heavy (non-hydrogen) atoms. The van der Waals surface area contributed by atoms with Gasteiger partial charge in [0.05, 0.1) is 7.11 Å². The van der Waals surface area contributed by atoms with Crippen LogP contribution in [0.4, 0.5) is 4.79 Å². The summed E-state index contributed by atoms with van der Waals surface area (Å²) in [6, 6.07) is 1.81. The summed E-state index contributed by atoms with van der Waals surface area (Å²) in [6.07, 6.45) is 1.45. The van der Waals surface area contributed by atoms with Crippen molar-refractivity contribution in [2.45, 2.75) is 45.1 Å². The van der Waals surface area contributed by atoms with Gasteiger partial charge in [-0.2, -0.15) is 0 Å². The second-order valence-electron chi connectivity index (χ2n) is 6.01. The van der Waals surface area contributed by atoms with Gasteiger partial charge in [0.2, 0.25) is 0 Å². The maximum absolute atomic E-state index is 12.0. The predicted molar refractivity (Wildman–Crippen MR) is 72.8 cm³/mol. The van der Waals surface area contributed by atoms with Gasteiger partial charge in [0.1, 0.15) is 11.4 Å². The maximum Gasteiger partial charge on any atom is 0.410 e. The lowest BCUT2D eigenvalue weighted by Gasteiger charge is -2.32. The van der Waals surface area contributed by atoms with E-state index >= 15 is 0 Å². The van der Waals surface area contributed by atoms with Crippen LogP contribution in [0.5, 0.6) is 5.88 Å². The molecule has 2 rings (SSSR count). The number of piperidine rings is 1. The molecule has 112 valence electrons. The van der Waals surface area contributed by atoms with E-state index in [-0.39, 0.29) is 12.0 Å². The molecule has 0 aromatic carbocycles. The third kappa shape index (κ3) is 3.65. The summed E-state index contributed by atoms with van der Waals surface area (Å²) in [5.41, 5.74) is -0.452. The zero-order valence-corrected chi connectivity index (χ0v) is 12.5. The van der Waals surface area contributed by atoms with Crippen LogP contribution in [-0.4, -0.2) is 42.0 Å². The van der Waals surface area contributed by atoms with Crippen molar-refractivity contribution >= 4 is 6.09 Å². The van der Waals surface area contributed by atoms with Gasteiger partial charge in [-0.05, 0) is 38.8 Å². The molecular formula is C14H22N2O4. The molecule has 6 heteroatoms. The third-order valence-electron chi connectivity index (χ3n) is 3.26. The molecule has 0 unspecified atom stereocenters. The number of carbonyl (C=O) groups excluding carboxylic acids is 1. The normalized spacial score (nSPS) is 17.1. The standard InChI is InChI=1S/C14H22N2O4/c1-14(2,3)19-13(17)16-7-5-10(6-8-16)11-9-12(18-4)15-20-11/h9-10H,5-8H2,1-4H3. The number of aromatic nitrogens is 1. The first kappa shape index (κ1) is 14.7. The Hall–Kier alpha value is -1.72. The first-order valence-electron chi connectivity index (χ1n) is 6.87. The Morgan fingerprint density at radius 2 is 2.05 bits per heavy atom. The van der Waals surface area contributed by atoms with E-state index in [1.165, 1.54) is 0 Å². The fourth-order valence-corrected chi connectivity index (χ4v) is 2.23. The minimum absolute atomic E-state index is 0.244. The van der Waals surface area contributed by atoms with Crippen LogP contribution in [0, 0.1) is 0 Å². The highest BCUT2D eigenvalue weighted by molar-refractivity contribution is 5.68. The summed E-state index contributed by atoms with van der Waals surface area (Å²) in [4.78, 5) is 13.7. The molecular weight excluding hydrogens is 260 g/mol. The second kappa shape index (κ2) is 5.73. The van der Waals surface area contributed by atoms with Crippen LogP contribution >= 0.6 is 0 Å². The van der Waals surface area contributed by atoms with Crippen molar-refractivity contribution in [1.82, 2.24) is 10.1 Å². The zero-order valence-electron chi connectivity index (χ0n) is 12.5. The number of hydrogen-bond acceptors (Lipinski definition) is 5. The lowest BCUT2D eigenvalue weighted by Crippen LogP contribution is -2.41. The molecule has 0 saturated carbocycles. The molecule has 1 aromatic rings. The molecule has 0 atom stereocenters. The Bertz CT molecular complexity index is 456. The summed E-state index contributed by atoms with van der Waals surface area (Å²) in [7, 11) is 1.56. The van der Waals surface area contributed by atoms with E-state index in [2.05, 4.69) is 5.16 Å². The van der Waals surface area contributed by atoms with Crippen molar-refractivity contribution < 1.29 is 18.8 Å². The highest BCUT2D eigenvalue weighted by atomic mass is 16.6. The van der Waals surface area contributed by atoms with E-state index in [9.17, 15) is 4.79 Å². The van der Waals surface area contributed by atoms with Gasteiger partial charge in [-0.1, -0.05) is 0 Å². The van der Waals surface area contributed by atoms with Crippen molar-refractivity contribution in [3.05, 3.63) is 11.8 Å². The van der Waals surface area contributed by atoms with Crippen molar-refractivity contribution in [3.8, 4) is 5.88 Å². The van der Waals surface area contributed by atoms with E-state index in [1.807, 2.05) is 26.8 Å². The SMILES string of the molecule is COc1cc(C2CCN(C(=O)OC(C)(C)C)CC2)on1. The topological polar surface area (TPSA) is 64.8 Å². The van der Waals surface area contributed by atoms with E-state index < -0.39 is 5.60 Å². The monoisotopic (exact) mass is 282 g/mol. The molecule has 0 bridgehead atoms. The van der Waals surface area contributed by atoms with E-state index in [0.717, 1.165) is 18.6 Å². The molecule has 0 spiro atoms. The predicted octanol–water partition coefficient (Wildman–Crippen LogP) is 2.80. The molecule has 1 aliphatic rings. The smallest absolute Gasteiger partial charge is 0.410 e. The molecule has 6 nitrogen and oxygen atoms in total. The van der Waals surface area contributed by atoms with Crippen molar-refractivity contribution in [1.29, 1.82) is 0 Å². The number of rotatable bonds is 2. The third-order valence-corrected chi connectivity index (χ3v) is 3.26. The minimum atomic E-state index is -0.452. The molecule has 1 amide bonds. The number of nitrogens with zero attached hydrogens (tertiary/aromatic N) is 2. The number of ether oxygens (including phenoxy) is 2. The average Bonchev–Trinajstić information content (AvgIpc) is 2.85. The molecule has 1 saturated heterocycles. The van der Waals surface area contributed by atoms with Crippen molar-refractivity contribution in [3.63, 3.8) is 0 Å². The second-order valence-corrected chi connectivity index (χ2v) is 6.01. The summed E-state index contributed by atoms with van der Waals surface area (Å²) in [5, 5.41) is 3.81. The van der Waals surface area contributed by atoms with Crippen LogP contribution in [-0.2, 0) is 4.74 Å². The molecule has 1 fully saturated rings. The Kier molecular flexibility index (Phi) is 4.20. The van der Waals surface area contributed by atoms with Gasteiger partial charge in [0.25, 0.3) is 5.88 Å². The quantitative estimate of drug-likeness (QED) is 0.834. The van der Waals surface area contributed by atoms with Gasteiger partial charge < -0.3 is 18.9 Å². The average molecular weight is 282 g/mol. The fourth-order valence-electron chi connectivity index (χ4n) is 2.23. The summed E-state index contributed by atoms with van der Waals surface area (Å²) < 4.78 is 15.6. The fraction of sp³-hybridized carbons (Fsp3) is 0.714. The molecule has 2 heterocycles. The number of likely N-dealkylation sites (tertiary alicyclic amines) is 1. The highest BCUT2D eigenvalue weighted by Gasteiger charge is 2.29. The van der Waals surface area contributed by atoms with Gasteiger partial charge in [-0.3, -0.25) is 0 Å². The van der Waals surface area contributed by atoms with Crippen LogP contribution in [0.1, 0.15) is 45.3 Å². The van der Waals surface area contributed by atoms with Gasteiger partial charge in [-0.25, -0.2) is 4.79 Å². The zero-order chi connectivity index (χ0) is 14.8. The first-order chi connectivity index (χ1) is 9.39. The van der Waals surface area contributed by atoms with Crippen LogP contribution in [0.25, 0.3) is 0 Å². The molecule has 1 aromatic heterocycles. The van der Waals surface area contributed by atoms with Crippen LogP contribution in [0.15, 0.2) is 10.6 Å². The Balaban J connectivity index is 1.87. The van der Waals surface area contributed by atoms with Crippen LogP contribution in [0.2, 0.25) is 0 Å². The van der Waals surface area contributed by atoms with Crippen LogP contribution in [0.3, 0.4) is 0 Å². The van der Waals surface area contributed by atoms with E-state index in [1.54, 1.807) is 12.0 Å². The number of methoxy groups -OCH3 is 1. The summed E-state index contributed by atoms with van der Waals surface area (Å²) >= 11 is 0. The Morgan fingerprint density at radius 3 is 2.55 bits per heavy atom. The van der Waals surface area contributed by atoms with Crippen molar-refractivity contribution in [2.24, 2.45) is 0 Å². The van der Waals surface area contributed by atoms with Gasteiger partial charge in [-0.15, -0.1) is 0 Å². The molecule has 0 N–H and O–H groups in total. The minimum Gasteiger partial charge on any atom is -0.479 e. The summed E-state index contributed by atoms with van der Waals surface area (Å²) in [5.74, 6) is 1.60.